The molecule has 0 unspecified atom stereocenters. The highest BCUT2D eigenvalue weighted by Crippen LogP contribution is 2.23. The fraction of sp³-hybridized carbons (Fsp3) is 0.562. The van der Waals surface area contributed by atoms with Crippen LogP contribution in [0.25, 0.3) is 0 Å². The lowest BCUT2D eigenvalue weighted by molar-refractivity contribution is -0.134. The third kappa shape index (κ3) is 5.65. The molecule has 1 saturated heterocycles. The van der Waals surface area contributed by atoms with Crippen molar-refractivity contribution in [3.63, 3.8) is 0 Å². The Morgan fingerprint density at radius 1 is 1.33 bits per heavy atom. The Morgan fingerprint density at radius 2 is 2.00 bits per heavy atom. The third-order valence-corrected chi connectivity index (χ3v) is 5.80. The van der Waals surface area contributed by atoms with E-state index in [1.807, 2.05) is 6.92 Å². The van der Waals surface area contributed by atoms with E-state index in [0.717, 1.165) is 0 Å². The first kappa shape index (κ1) is 19.0. The number of hydrogen-bond acceptors (Lipinski definition) is 4. The van der Waals surface area contributed by atoms with E-state index in [0.29, 0.717) is 43.1 Å². The largest absolute Gasteiger partial charge is 0.482 e. The summed E-state index contributed by atoms with van der Waals surface area (Å²) in [6.07, 6.45) is 1.81. The van der Waals surface area contributed by atoms with Crippen molar-refractivity contribution >= 4 is 27.5 Å². The highest BCUT2D eigenvalue weighted by atomic mass is 35.5. The quantitative estimate of drug-likeness (QED) is 0.792. The van der Waals surface area contributed by atoms with Crippen LogP contribution in [0.3, 0.4) is 0 Å². The van der Waals surface area contributed by atoms with Gasteiger partial charge in [-0.05, 0) is 31.4 Å². The SMILES string of the molecule is CCCS(=O)(=O)NC1CCN(C(=O)COc2ccccc2Cl)CC1. The molecule has 1 aromatic carbocycles. The number of carbonyl (C=O) groups excluding carboxylic acids is 1. The Bertz CT molecular complexity index is 658. The van der Waals surface area contributed by atoms with Crippen LogP contribution in [-0.2, 0) is 14.8 Å². The van der Waals surface area contributed by atoms with Gasteiger partial charge in [0.15, 0.2) is 6.61 Å². The van der Waals surface area contributed by atoms with Gasteiger partial charge in [-0.15, -0.1) is 0 Å². The maximum absolute atomic E-state index is 12.2. The summed E-state index contributed by atoms with van der Waals surface area (Å²) in [6.45, 7) is 2.80. The Hall–Kier alpha value is -1.31. The van der Waals surface area contributed by atoms with Crippen LogP contribution in [0, 0.1) is 0 Å². The second-order valence-electron chi connectivity index (χ2n) is 5.81. The summed E-state index contributed by atoms with van der Waals surface area (Å²) in [4.78, 5) is 13.9. The van der Waals surface area contributed by atoms with E-state index < -0.39 is 10.0 Å². The first-order chi connectivity index (χ1) is 11.4. The minimum absolute atomic E-state index is 0.0735. The number of halogens is 1. The maximum Gasteiger partial charge on any atom is 0.260 e. The molecule has 2 rings (SSSR count). The minimum atomic E-state index is -3.21. The zero-order chi connectivity index (χ0) is 17.6. The minimum Gasteiger partial charge on any atom is -0.482 e. The molecule has 1 heterocycles. The number of rotatable bonds is 7. The second-order valence-corrected chi connectivity index (χ2v) is 8.09. The van der Waals surface area contributed by atoms with Crippen LogP contribution in [0.1, 0.15) is 26.2 Å². The fourth-order valence-electron chi connectivity index (χ4n) is 2.62. The highest BCUT2D eigenvalue weighted by Gasteiger charge is 2.25. The molecule has 1 aliphatic heterocycles. The lowest BCUT2D eigenvalue weighted by Crippen LogP contribution is -2.48. The number of sulfonamides is 1. The van der Waals surface area contributed by atoms with Gasteiger partial charge in [-0.25, -0.2) is 13.1 Å². The summed E-state index contributed by atoms with van der Waals surface area (Å²) in [5, 5.41) is 0.467. The lowest BCUT2D eigenvalue weighted by Gasteiger charge is -2.32. The molecule has 0 spiro atoms. The zero-order valence-electron chi connectivity index (χ0n) is 13.7. The van der Waals surface area contributed by atoms with Crippen molar-refractivity contribution < 1.29 is 17.9 Å². The van der Waals surface area contributed by atoms with Crippen molar-refractivity contribution in [2.24, 2.45) is 0 Å². The van der Waals surface area contributed by atoms with E-state index in [9.17, 15) is 13.2 Å². The molecule has 0 bridgehead atoms. The number of nitrogens with zero attached hydrogens (tertiary/aromatic N) is 1. The van der Waals surface area contributed by atoms with Crippen LogP contribution in [0.2, 0.25) is 5.02 Å². The van der Waals surface area contributed by atoms with Gasteiger partial charge in [0.1, 0.15) is 5.75 Å². The number of piperidine rings is 1. The average molecular weight is 375 g/mol. The van der Waals surface area contributed by atoms with Gasteiger partial charge in [-0.3, -0.25) is 4.79 Å². The summed E-state index contributed by atoms with van der Waals surface area (Å²) in [6, 6.07) is 6.90. The van der Waals surface area contributed by atoms with Crippen molar-refractivity contribution in [1.82, 2.24) is 9.62 Å². The van der Waals surface area contributed by atoms with Crippen molar-refractivity contribution in [3.05, 3.63) is 29.3 Å². The Morgan fingerprint density at radius 3 is 2.62 bits per heavy atom. The maximum atomic E-state index is 12.2. The highest BCUT2D eigenvalue weighted by molar-refractivity contribution is 7.89. The number of carbonyl (C=O) groups is 1. The molecule has 1 amide bonds. The number of hydrogen-bond donors (Lipinski definition) is 1. The molecule has 0 radical (unpaired) electrons. The summed E-state index contributed by atoms with van der Waals surface area (Å²) in [5.74, 6) is 0.497. The van der Waals surface area contributed by atoms with Crippen LogP contribution in [0.15, 0.2) is 24.3 Å². The Kier molecular flexibility index (Phi) is 6.89. The van der Waals surface area contributed by atoms with Crippen LogP contribution in [-0.4, -0.2) is 50.7 Å². The second kappa shape index (κ2) is 8.69. The molecule has 0 aliphatic carbocycles. The van der Waals surface area contributed by atoms with Gasteiger partial charge in [-0.2, -0.15) is 0 Å². The molecule has 134 valence electrons. The van der Waals surface area contributed by atoms with E-state index in [1.165, 1.54) is 0 Å². The van der Waals surface area contributed by atoms with Gasteiger partial charge in [0.25, 0.3) is 5.91 Å². The zero-order valence-corrected chi connectivity index (χ0v) is 15.3. The van der Waals surface area contributed by atoms with E-state index in [2.05, 4.69) is 4.72 Å². The summed E-state index contributed by atoms with van der Waals surface area (Å²) in [7, 11) is -3.21. The molecule has 0 atom stereocenters. The topological polar surface area (TPSA) is 75.7 Å². The molecule has 0 aromatic heterocycles. The molecular formula is C16H23ClN2O4S. The van der Waals surface area contributed by atoms with Gasteiger partial charge in [0, 0.05) is 19.1 Å². The van der Waals surface area contributed by atoms with Crippen LogP contribution in [0.5, 0.6) is 5.75 Å². The van der Waals surface area contributed by atoms with E-state index in [-0.39, 0.29) is 24.3 Å². The fourth-order valence-corrected chi connectivity index (χ4v) is 4.21. The van der Waals surface area contributed by atoms with Gasteiger partial charge in [0.05, 0.1) is 10.8 Å². The van der Waals surface area contributed by atoms with Crippen molar-refractivity contribution in [2.45, 2.75) is 32.2 Å². The molecule has 1 aromatic rings. The monoisotopic (exact) mass is 374 g/mol. The van der Waals surface area contributed by atoms with Crippen LogP contribution in [0.4, 0.5) is 0 Å². The van der Waals surface area contributed by atoms with Gasteiger partial charge >= 0.3 is 0 Å². The Labute approximate surface area is 148 Å². The van der Waals surface area contributed by atoms with E-state index in [4.69, 9.17) is 16.3 Å². The number of amides is 1. The molecule has 1 fully saturated rings. The molecule has 1 N–H and O–H groups in total. The number of nitrogens with one attached hydrogen (secondary N) is 1. The number of benzene rings is 1. The smallest absolute Gasteiger partial charge is 0.260 e. The van der Waals surface area contributed by atoms with E-state index >= 15 is 0 Å². The van der Waals surface area contributed by atoms with Crippen molar-refractivity contribution in [1.29, 1.82) is 0 Å². The van der Waals surface area contributed by atoms with Crippen LogP contribution < -0.4 is 9.46 Å². The van der Waals surface area contributed by atoms with Gasteiger partial charge in [-0.1, -0.05) is 30.7 Å². The molecule has 24 heavy (non-hydrogen) atoms. The predicted octanol–water partition coefficient (Wildman–Crippen LogP) is 2.04. The molecule has 6 nitrogen and oxygen atoms in total. The van der Waals surface area contributed by atoms with Crippen molar-refractivity contribution in [3.8, 4) is 5.75 Å². The standard InChI is InChI=1S/C16H23ClN2O4S/c1-2-11-24(21,22)18-13-7-9-19(10-8-13)16(20)12-23-15-6-4-3-5-14(15)17/h3-6,13,18H,2,7-12H2,1H3. The number of ether oxygens (including phenoxy) is 1. The summed E-state index contributed by atoms with van der Waals surface area (Å²) in [5.41, 5.74) is 0. The van der Waals surface area contributed by atoms with Crippen LogP contribution >= 0.6 is 11.6 Å². The predicted molar refractivity (Wildman–Crippen MR) is 93.8 cm³/mol. The van der Waals surface area contributed by atoms with Gasteiger partial charge in [0.2, 0.25) is 10.0 Å². The molecular weight excluding hydrogens is 352 g/mol. The molecule has 1 aliphatic rings. The summed E-state index contributed by atoms with van der Waals surface area (Å²) < 4.78 is 31.7. The number of para-hydroxylation sites is 1. The molecule has 8 heteroatoms. The van der Waals surface area contributed by atoms with E-state index in [1.54, 1.807) is 29.2 Å². The Balaban J connectivity index is 1.77. The summed E-state index contributed by atoms with van der Waals surface area (Å²) >= 11 is 5.98. The first-order valence-corrected chi connectivity index (χ1v) is 10.1. The first-order valence-electron chi connectivity index (χ1n) is 8.06. The van der Waals surface area contributed by atoms with Crippen molar-refractivity contribution in [2.75, 3.05) is 25.4 Å². The molecule has 0 saturated carbocycles. The van der Waals surface area contributed by atoms with Gasteiger partial charge < -0.3 is 9.64 Å². The average Bonchev–Trinajstić information content (AvgIpc) is 2.54. The number of likely N-dealkylation sites (tertiary alicyclic amines) is 1. The lowest BCUT2D eigenvalue weighted by atomic mass is 10.1. The normalized spacial score (nSPS) is 16.2. The third-order valence-electron chi connectivity index (χ3n) is 3.85.